The summed E-state index contributed by atoms with van der Waals surface area (Å²) >= 11 is 7.08. The molecule has 1 atom stereocenters. The molecule has 2 aliphatic heterocycles. The highest BCUT2D eigenvalue weighted by Gasteiger charge is 2.44. The van der Waals surface area contributed by atoms with Crippen LogP contribution in [0.4, 0.5) is 5.69 Å². The fourth-order valence-electron chi connectivity index (χ4n) is 3.74. The number of anilines is 1. The molecule has 2 aliphatic rings. The van der Waals surface area contributed by atoms with Crippen LogP contribution >= 0.6 is 22.9 Å². The van der Waals surface area contributed by atoms with Gasteiger partial charge < -0.3 is 15.4 Å². The zero-order valence-electron chi connectivity index (χ0n) is 16.5. The van der Waals surface area contributed by atoms with Gasteiger partial charge in [-0.2, -0.15) is 0 Å². The van der Waals surface area contributed by atoms with Crippen LogP contribution < -0.4 is 10.6 Å². The largest absolute Gasteiger partial charge is 0.378 e. The van der Waals surface area contributed by atoms with Crippen LogP contribution in [0.1, 0.15) is 32.0 Å². The molecule has 0 spiro atoms. The smallest absolute Gasteiger partial charge is 0.262 e. The first-order chi connectivity index (χ1) is 14.4. The number of hydrogen-bond acceptors (Lipinski definition) is 6. The maximum absolute atomic E-state index is 13.2. The number of carbonyl (C=O) groups is 3. The minimum atomic E-state index is -1.16. The molecule has 1 aromatic carbocycles. The number of nitrogens with zero attached hydrogens (tertiary/aromatic N) is 1. The number of amides is 2. The zero-order chi connectivity index (χ0) is 21.3. The molecule has 158 valence electrons. The number of halogens is 1. The number of fused-ring (bicyclic) bond motifs is 1. The van der Waals surface area contributed by atoms with E-state index in [9.17, 15) is 14.4 Å². The molecular formula is C21H22ClN3O4S. The van der Waals surface area contributed by atoms with E-state index in [2.05, 4.69) is 10.6 Å². The molecule has 0 bridgehead atoms. The highest BCUT2D eigenvalue weighted by Crippen LogP contribution is 2.26. The van der Waals surface area contributed by atoms with Crippen molar-refractivity contribution in [3.63, 3.8) is 0 Å². The number of hydrogen-bond donors (Lipinski definition) is 2. The highest BCUT2D eigenvalue weighted by molar-refractivity contribution is 7.18. The van der Waals surface area contributed by atoms with Gasteiger partial charge in [0.15, 0.2) is 5.78 Å². The van der Waals surface area contributed by atoms with E-state index < -0.39 is 5.54 Å². The van der Waals surface area contributed by atoms with Gasteiger partial charge >= 0.3 is 0 Å². The predicted molar refractivity (Wildman–Crippen MR) is 116 cm³/mol. The van der Waals surface area contributed by atoms with Crippen molar-refractivity contribution in [1.82, 2.24) is 10.2 Å². The molecular weight excluding hydrogens is 426 g/mol. The van der Waals surface area contributed by atoms with Gasteiger partial charge in [0.25, 0.3) is 11.8 Å². The number of thiophene rings is 1. The summed E-state index contributed by atoms with van der Waals surface area (Å²) in [5.41, 5.74) is 1.04. The molecule has 2 amide bonds. The number of nitrogens with one attached hydrogen (secondary N) is 2. The van der Waals surface area contributed by atoms with Crippen molar-refractivity contribution in [2.75, 3.05) is 38.7 Å². The number of carbonyl (C=O) groups excluding carboxylic acids is 3. The Balaban J connectivity index is 1.52. The van der Waals surface area contributed by atoms with Crippen LogP contribution in [0.5, 0.6) is 0 Å². The Morgan fingerprint density at radius 1 is 1.27 bits per heavy atom. The zero-order valence-corrected chi connectivity index (χ0v) is 18.1. The third-order valence-corrected chi connectivity index (χ3v) is 6.68. The van der Waals surface area contributed by atoms with E-state index in [0.29, 0.717) is 40.0 Å². The van der Waals surface area contributed by atoms with Crippen LogP contribution in [-0.2, 0) is 16.0 Å². The Morgan fingerprint density at radius 2 is 2.10 bits per heavy atom. The highest BCUT2D eigenvalue weighted by atomic mass is 35.5. The standard InChI is InChI=1S/C21H22ClN3O4S/c1-25-8-6-13-10-14(2-3-15(13)16(26)11-25)23-20(28)21(7-9-29-12-21)24-19(27)17-4-5-18(22)30-17/h2-5,10H,6-9,11-12H2,1H3,(H,23,28)(H,24,27). The summed E-state index contributed by atoms with van der Waals surface area (Å²) in [7, 11) is 1.92. The monoisotopic (exact) mass is 447 g/mol. The van der Waals surface area contributed by atoms with Crippen molar-refractivity contribution in [2.24, 2.45) is 0 Å². The van der Waals surface area contributed by atoms with Crippen molar-refractivity contribution in [3.05, 3.63) is 50.7 Å². The van der Waals surface area contributed by atoms with Gasteiger partial charge in [-0.05, 0) is 49.4 Å². The lowest BCUT2D eigenvalue weighted by atomic mass is 9.96. The van der Waals surface area contributed by atoms with Gasteiger partial charge in [-0.25, -0.2) is 0 Å². The fraction of sp³-hybridized carbons (Fsp3) is 0.381. The van der Waals surface area contributed by atoms with E-state index in [0.717, 1.165) is 29.9 Å². The van der Waals surface area contributed by atoms with Gasteiger partial charge in [0.05, 0.1) is 22.4 Å². The van der Waals surface area contributed by atoms with Gasteiger partial charge in [-0.3, -0.25) is 19.3 Å². The Hall–Kier alpha value is -2.26. The summed E-state index contributed by atoms with van der Waals surface area (Å²) < 4.78 is 5.95. The SMILES string of the molecule is CN1CCc2cc(NC(=O)C3(NC(=O)c4ccc(Cl)s4)CCOC3)ccc2C(=O)C1. The molecule has 30 heavy (non-hydrogen) atoms. The van der Waals surface area contributed by atoms with Crippen LogP contribution in [0, 0.1) is 0 Å². The van der Waals surface area contributed by atoms with E-state index >= 15 is 0 Å². The third kappa shape index (κ3) is 4.27. The minimum absolute atomic E-state index is 0.0745. The molecule has 1 saturated heterocycles. The molecule has 0 saturated carbocycles. The van der Waals surface area contributed by atoms with E-state index in [1.807, 2.05) is 18.0 Å². The van der Waals surface area contributed by atoms with Gasteiger partial charge in [0.2, 0.25) is 0 Å². The average molecular weight is 448 g/mol. The minimum Gasteiger partial charge on any atom is -0.378 e. The fourth-order valence-corrected chi connectivity index (χ4v) is 4.67. The quantitative estimate of drug-likeness (QED) is 0.752. The molecule has 1 unspecified atom stereocenters. The summed E-state index contributed by atoms with van der Waals surface area (Å²) in [5, 5.41) is 5.74. The lowest BCUT2D eigenvalue weighted by molar-refractivity contribution is -0.122. The lowest BCUT2D eigenvalue weighted by Gasteiger charge is -2.27. The van der Waals surface area contributed by atoms with Crippen LogP contribution in [0.3, 0.4) is 0 Å². The molecule has 0 radical (unpaired) electrons. The third-order valence-electron chi connectivity index (χ3n) is 5.45. The van der Waals surface area contributed by atoms with Gasteiger partial charge in [-0.15, -0.1) is 11.3 Å². The van der Waals surface area contributed by atoms with Crippen molar-refractivity contribution in [1.29, 1.82) is 0 Å². The summed E-state index contributed by atoms with van der Waals surface area (Å²) in [6, 6.07) is 8.60. The molecule has 3 heterocycles. The van der Waals surface area contributed by atoms with Crippen LogP contribution in [0.15, 0.2) is 30.3 Å². The number of ketones is 1. The summed E-state index contributed by atoms with van der Waals surface area (Å²) in [4.78, 5) is 40.6. The maximum atomic E-state index is 13.2. The number of Topliss-reactive ketones (excluding diaryl/α,β-unsaturated/α-hetero) is 1. The number of likely N-dealkylation sites (N-methyl/N-ethyl adjacent to an activating group) is 1. The van der Waals surface area contributed by atoms with Crippen molar-refractivity contribution in [3.8, 4) is 0 Å². The van der Waals surface area contributed by atoms with Crippen molar-refractivity contribution in [2.45, 2.75) is 18.4 Å². The molecule has 9 heteroatoms. The van der Waals surface area contributed by atoms with E-state index in [1.165, 1.54) is 0 Å². The van der Waals surface area contributed by atoms with Gasteiger partial charge in [0, 0.05) is 30.8 Å². The molecule has 0 aliphatic carbocycles. The van der Waals surface area contributed by atoms with Crippen LogP contribution in [-0.4, -0.2) is 61.4 Å². The molecule has 1 fully saturated rings. The van der Waals surface area contributed by atoms with Crippen molar-refractivity contribution >= 4 is 46.2 Å². The normalized spacial score (nSPS) is 21.7. The molecule has 2 aromatic rings. The second kappa shape index (κ2) is 8.47. The predicted octanol–water partition coefficient (Wildman–Crippen LogP) is 2.60. The lowest BCUT2D eigenvalue weighted by Crippen LogP contribution is -2.57. The Labute approximate surface area is 183 Å². The molecule has 7 nitrogen and oxygen atoms in total. The molecule has 4 rings (SSSR count). The topological polar surface area (TPSA) is 87.7 Å². The number of ether oxygens (including phenoxy) is 1. The van der Waals surface area contributed by atoms with Crippen LogP contribution in [0.25, 0.3) is 0 Å². The second-order valence-electron chi connectivity index (χ2n) is 7.68. The Morgan fingerprint density at radius 3 is 2.80 bits per heavy atom. The van der Waals surface area contributed by atoms with E-state index in [-0.39, 0.29) is 24.2 Å². The first-order valence-corrected chi connectivity index (χ1v) is 10.9. The number of benzene rings is 1. The van der Waals surface area contributed by atoms with Gasteiger partial charge in [0.1, 0.15) is 5.54 Å². The Kier molecular flexibility index (Phi) is 5.92. The summed E-state index contributed by atoms with van der Waals surface area (Å²) in [5.74, 6) is -0.624. The van der Waals surface area contributed by atoms with E-state index in [4.69, 9.17) is 16.3 Å². The second-order valence-corrected chi connectivity index (χ2v) is 9.39. The van der Waals surface area contributed by atoms with E-state index in [1.54, 1.807) is 24.3 Å². The van der Waals surface area contributed by atoms with Crippen LogP contribution in [0.2, 0.25) is 4.34 Å². The van der Waals surface area contributed by atoms with Crippen molar-refractivity contribution < 1.29 is 19.1 Å². The first kappa shape index (κ1) is 21.0. The number of rotatable bonds is 4. The molecule has 1 aromatic heterocycles. The van der Waals surface area contributed by atoms with Gasteiger partial charge in [-0.1, -0.05) is 11.6 Å². The maximum Gasteiger partial charge on any atom is 0.262 e. The summed E-state index contributed by atoms with van der Waals surface area (Å²) in [6.07, 6.45) is 1.10. The average Bonchev–Trinajstić information content (AvgIpc) is 3.33. The Bertz CT molecular complexity index is 1000. The summed E-state index contributed by atoms with van der Waals surface area (Å²) in [6.45, 7) is 1.63. The first-order valence-electron chi connectivity index (χ1n) is 9.68. The molecule has 2 N–H and O–H groups in total.